The molecule has 0 saturated heterocycles. The van der Waals surface area contributed by atoms with Crippen LogP contribution in [-0.2, 0) is 4.79 Å². The van der Waals surface area contributed by atoms with Crippen molar-refractivity contribution in [3.05, 3.63) is 40.6 Å². The van der Waals surface area contributed by atoms with Gasteiger partial charge in [-0.3, -0.25) is 4.79 Å². The summed E-state index contributed by atoms with van der Waals surface area (Å²) in [6, 6.07) is 5.91. The van der Waals surface area contributed by atoms with Crippen LogP contribution in [0.5, 0.6) is 0 Å². The van der Waals surface area contributed by atoms with Crippen molar-refractivity contribution in [1.29, 1.82) is 0 Å². The number of aliphatic hydroxyl groups is 1. The Hall–Kier alpha value is -1.42. The SMILES string of the molecule is CSCN1C(=O)C(c2c(C)cccc2C)=C(O)C1(C)C. The fraction of sp³-hybridized carbons (Fsp3) is 0.438. The van der Waals surface area contributed by atoms with Crippen molar-refractivity contribution in [2.24, 2.45) is 0 Å². The molecule has 1 N–H and O–H groups in total. The molecular weight excluding hydrogens is 270 g/mol. The third-order valence-corrected chi connectivity index (χ3v) is 4.46. The van der Waals surface area contributed by atoms with E-state index in [1.165, 1.54) is 0 Å². The highest BCUT2D eigenvalue weighted by Crippen LogP contribution is 2.40. The first-order valence-corrected chi connectivity index (χ1v) is 8.03. The molecule has 1 heterocycles. The number of aryl methyl sites for hydroxylation is 2. The number of hydrogen-bond acceptors (Lipinski definition) is 3. The van der Waals surface area contributed by atoms with Crippen LogP contribution in [-0.4, -0.2) is 33.6 Å². The Kier molecular flexibility index (Phi) is 3.87. The predicted molar refractivity (Wildman–Crippen MR) is 84.8 cm³/mol. The average Bonchev–Trinajstić information content (AvgIpc) is 2.53. The molecule has 0 radical (unpaired) electrons. The standard InChI is InChI=1S/C16H21NO2S/c1-10-7-6-8-11(2)12(10)13-14(18)16(3,4)17(9-20-5)15(13)19/h6-8,18H,9H2,1-5H3. The molecular formula is C16H21NO2S. The van der Waals surface area contributed by atoms with E-state index in [1.54, 1.807) is 16.7 Å². The van der Waals surface area contributed by atoms with Crippen LogP contribution in [0.2, 0.25) is 0 Å². The number of nitrogens with zero attached hydrogens (tertiary/aromatic N) is 1. The largest absolute Gasteiger partial charge is 0.509 e. The number of amides is 1. The van der Waals surface area contributed by atoms with Gasteiger partial charge in [0.05, 0.1) is 17.0 Å². The zero-order valence-electron chi connectivity index (χ0n) is 12.7. The second-order valence-electron chi connectivity index (χ2n) is 5.70. The lowest BCUT2D eigenvalue weighted by molar-refractivity contribution is -0.126. The molecule has 0 saturated carbocycles. The summed E-state index contributed by atoms with van der Waals surface area (Å²) < 4.78 is 0. The monoisotopic (exact) mass is 291 g/mol. The minimum Gasteiger partial charge on any atom is -0.509 e. The van der Waals surface area contributed by atoms with Crippen molar-refractivity contribution < 1.29 is 9.90 Å². The van der Waals surface area contributed by atoms with E-state index in [4.69, 9.17) is 0 Å². The van der Waals surface area contributed by atoms with Crippen LogP contribution < -0.4 is 0 Å². The maximum absolute atomic E-state index is 12.7. The molecule has 0 unspecified atom stereocenters. The van der Waals surface area contributed by atoms with E-state index in [2.05, 4.69) is 0 Å². The molecule has 0 aromatic heterocycles. The van der Waals surface area contributed by atoms with E-state index in [-0.39, 0.29) is 11.7 Å². The molecule has 0 aliphatic carbocycles. The zero-order valence-corrected chi connectivity index (χ0v) is 13.5. The normalized spacial score (nSPS) is 18.1. The fourth-order valence-corrected chi connectivity index (χ4v) is 3.41. The molecule has 1 aromatic rings. The summed E-state index contributed by atoms with van der Waals surface area (Å²) in [5.41, 5.74) is 2.71. The first-order valence-electron chi connectivity index (χ1n) is 6.63. The molecule has 1 aromatic carbocycles. The second kappa shape index (κ2) is 5.17. The van der Waals surface area contributed by atoms with Crippen molar-refractivity contribution in [2.45, 2.75) is 33.2 Å². The Bertz CT molecular complexity index is 570. The van der Waals surface area contributed by atoms with Gasteiger partial charge >= 0.3 is 0 Å². The molecule has 0 atom stereocenters. The number of carbonyl (C=O) groups excluding carboxylic acids is 1. The quantitative estimate of drug-likeness (QED) is 0.926. The zero-order chi connectivity index (χ0) is 15.1. The fourth-order valence-electron chi connectivity index (χ4n) is 2.71. The molecule has 20 heavy (non-hydrogen) atoms. The molecule has 0 spiro atoms. The van der Waals surface area contributed by atoms with Gasteiger partial charge in [0.1, 0.15) is 5.76 Å². The minimum absolute atomic E-state index is 0.0840. The van der Waals surface area contributed by atoms with Crippen molar-refractivity contribution in [1.82, 2.24) is 4.90 Å². The summed E-state index contributed by atoms with van der Waals surface area (Å²) in [5, 5.41) is 10.6. The summed E-state index contributed by atoms with van der Waals surface area (Å²) in [4.78, 5) is 14.5. The third-order valence-electron chi connectivity index (χ3n) is 3.94. The van der Waals surface area contributed by atoms with E-state index in [1.807, 2.05) is 52.1 Å². The van der Waals surface area contributed by atoms with Gasteiger partial charge in [0, 0.05) is 0 Å². The van der Waals surface area contributed by atoms with Gasteiger partial charge in [-0.25, -0.2) is 0 Å². The van der Waals surface area contributed by atoms with Crippen molar-refractivity contribution in [3.8, 4) is 0 Å². The van der Waals surface area contributed by atoms with Gasteiger partial charge in [0.2, 0.25) is 0 Å². The maximum atomic E-state index is 12.7. The van der Waals surface area contributed by atoms with Crippen LogP contribution in [0.15, 0.2) is 24.0 Å². The van der Waals surface area contributed by atoms with Crippen molar-refractivity contribution in [2.75, 3.05) is 12.1 Å². The first kappa shape index (κ1) is 15.0. The molecule has 1 amide bonds. The molecule has 0 fully saturated rings. The van der Waals surface area contributed by atoms with E-state index < -0.39 is 5.54 Å². The Morgan fingerprint density at radius 2 is 1.80 bits per heavy atom. The molecule has 1 aliphatic rings. The molecule has 2 rings (SSSR count). The summed E-state index contributed by atoms with van der Waals surface area (Å²) >= 11 is 1.58. The summed E-state index contributed by atoms with van der Waals surface area (Å²) in [6.07, 6.45) is 1.96. The minimum atomic E-state index is -0.649. The Balaban J connectivity index is 2.62. The first-order chi connectivity index (χ1) is 9.32. The number of benzene rings is 1. The molecule has 108 valence electrons. The smallest absolute Gasteiger partial charge is 0.259 e. The number of hydrogen-bond donors (Lipinski definition) is 1. The van der Waals surface area contributed by atoms with Crippen LogP contribution in [0.4, 0.5) is 0 Å². The van der Waals surface area contributed by atoms with E-state index >= 15 is 0 Å². The van der Waals surface area contributed by atoms with Crippen molar-refractivity contribution >= 4 is 23.2 Å². The highest BCUT2D eigenvalue weighted by molar-refractivity contribution is 7.98. The Morgan fingerprint density at radius 3 is 2.30 bits per heavy atom. The number of thioether (sulfide) groups is 1. The van der Waals surface area contributed by atoms with Crippen molar-refractivity contribution in [3.63, 3.8) is 0 Å². The van der Waals surface area contributed by atoms with E-state index in [9.17, 15) is 9.90 Å². The summed E-state index contributed by atoms with van der Waals surface area (Å²) in [5.74, 6) is 0.665. The van der Waals surface area contributed by atoms with Gasteiger partial charge in [-0.15, -0.1) is 11.8 Å². The summed E-state index contributed by atoms with van der Waals surface area (Å²) in [6.45, 7) is 7.72. The predicted octanol–water partition coefficient (Wildman–Crippen LogP) is 3.51. The average molecular weight is 291 g/mol. The highest BCUT2D eigenvalue weighted by atomic mass is 32.2. The molecule has 4 heteroatoms. The number of rotatable bonds is 3. The maximum Gasteiger partial charge on any atom is 0.259 e. The number of carbonyl (C=O) groups is 1. The van der Waals surface area contributed by atoms with Crippen LogP contribution in [0.3, 0.4) is 0 Å². The lowest BCUT2D eigenvalue weighted by atomic mass is 9.93. The topological polar surface area (TPSA) is 40.5 Å². The number of aliphatic hydroxyl groups excluding tert-OH is 1. The summed E-state index contributed by atoms with van der Waals surface area (Å²) in [7, 11) is 0. The molecule has 0 bridgehead atoms. The second-order valence-corrected chi connectivity index (χ2v) is 6.54. The van der Waals surface area contributed by atoms with Gasteiger partial charge in [-0.1, -0.05) is 18.2 Å². The van der Waals surface area contributed by atoms with Gasteiger partial charge in [0.15, 0.2) is 0 Å². The lowest BCUT2D eigenvalue weighted by Crippen LogP contribution is -2.43. The van der Waals surface area contributed by atoms with Crippen LogP contribution in [0.1, 0.15) is 30.5 Å². The van der Waals surface area contributed by atoms with E-state index in [0.29, 0.717) is 11.4 Å². The third kappa shape index (κ3) is 2.12. The van der Waals surface area contributed by atoms with Gasteiger partial charge < -0.3 is 10.0 Å². The Morgan fingerprint density at radius 1 is 1.25 bits per heavy atom. The van der Waals surface area contributed by atoms with Gasteiger partial charge in [-0.2, -0.15) is 0 Å². The molecule has 1 aliphatic heterocycles. The van der Waals surface area contributed by atoms with Crippen LogP contribution in [0.25, 0.3) is 5.57 Å². The molecule has 3 nitrogen and oxygen atoms in total. The van der Waals surface area contributed by atoms with Gasteiger partial charge in [-0.05, 0) is 50.6 Å². The van der Waals surface area contributed by atoms with Gasteiger partial charge in [0.25, 0.3) is 5.91 Å². The van der Waals surface area contributed by atoms with E-state index in [0.717, 1.165) is 16.7 Å². The Labute approximate surface area is 124 Å². The highest BCUT2D eigenvalue weighted by Gasteiger charge is 2.46. The lowest BCUT2D eigenvalue weighted by Gasteiger charge is -2.31. The van der Waals surface area contributed by atoms with Crippen LogP contribution in [0, 0.1) is 13.8 Å². The van der Waals surface area contributed by atoms with Crippen LogP contribution >= 0.6 is 11.8 Å².